The van der Waals surface area contributed by atoms with Gasteiger partial charge in [0.15, 0.2) is 0 Å². The third kappa shape index (κ3) is 6.14. The van der Waals surface area contributed by atoms with Crippen LogP contribution in [-0.4, -0.2) is 24.8 Å². The van der Waals surface area contributed by atoms with Gasteiger partial charge in [0.1, 0.15) is 11.8 Å². The van der Waals surface area contributed by atoms with Gasteiger partial charge in [0.05, 0.1) is 12.8 Å². The summed E-state index contributed by atoms with van der Waals surface area (Å²) in [6.07, 6.45) is 3.38. The molecule has 0 bridgehead atoms. The molecule has 2 aromatic carbocycles. The molecule has 0 saturated carbocycles. The zero-order chi connectivity index (χ0) is 20.6. The summed E-state index contributed by atoms with van der Waals surface area (Å²) >= 11 is 0. The summed E-state index contributed by atoms with van der Waals surface area (Å²) in [5, 5.41) is 4.07. The van der Waals surface area contributed by atoms with Crippen LogP contribution in [0.15, 0.2) is 53.6 Å². The van der Waals surface area contributed by atoms with Crippen LogP contribution in [0.2, 0.25) is 0 Å². The minimum atomic E-state index is -0.326. The molecule has 6 nitrogen and oxygen atoms in total. The van der Waals surface area contributed by atoms with Crippen molar-refractivity contribution in [3.63, 3.8) is 0 Å². The number of nitrogens with one attached hydrogen (secondary N) is 3. The molecule has 1 saturated heterocycles. The molecule has 6 heteroatoms. The van der Waals surface area contributed by atoms with Crippen LogP contribution in [0.1, 0.15) is 49.9 Å². The van der Waals surface area contributed by atoms with Crippen molar-refractivity contribution < 1.29 is 9.53 Å². The van der Waals surface area contributed by atoms with E-state index in [0.717, 1.165) is 17.7 Å². The molecule has 1 heterocycles. The highest BCUT2D eigenvalue weighted by atomic mass is 16.5. The smallest absolute Gasteiger partial charge is 0.258 e. The van der Waals surface area contributed by atoms with Gasteiger partial charge in [-0.15, -0.1) is 0 Å². The maximum Gasteiger partial charge on any atom is 0.258 e. The van der Waals surface area contributed by atoms with Gasteiger partial charge in [0.25, 0.3) is 5.91 Å². The Morgan fingerprint density at radius 2 is 1.90 bits per heavy atom. The second kappa shape index (κ2) is 10.2. The molecule has 0 radical (unpaired) electrons. The van der Waals surface area contributed by atoms with E-state index in [4.69, 9.17) is 4.74 Å². The molecule has 3 rings (SSSR count). The molecule has 29 heavy (non-hydrogen) atoms. The van der Waals surface area contributed by atoms with Gasteiger partial charge in [-0.25, -0.2) is 16.3 Å². The topological polar surface area (TPSA) is 74.8 Å². The molecule has 1 amide bonds. The first-order chi connectivity index (χ1) is 14.0. The highest BCUT2D eigenvalue weighted by Crippen LogP contribution is 2.23. The standard InChI is InChI=1S/C23H30N4O2/c1-4-29-20-11-7-18(8-12-20)15-24-27-23(28)22-14-21(25-26-22)19-9-5-17(6-10-19)13-16(2)3/h5-12,15-16,21-22,25-26H,4,13-14H2,1-3H3,(H,27,28)/b24-15+. The Labute approximate surface area is 172 Å². The molecule has 0 aromatic heterocycles. The van der Waals surface area contributed by atoms with Crippen LogP contribution < -0.4 is 21.0 Å². The molecule has 3 N–H and O–H groups in total. The molecule has 2 unspecified atom stereocenters. The van der Waals surface area contributed by atoms with Gasteiger partial charge >= 0.3 is 0 Å². The van der Waals surface area contributed by atoms with Crippen LogP contribution in [0.5, 0.6) is 5.75 Å². The first-order valence-electron chi connectivity index (χ1n) is 10.2. The van der Waals surface area contributed by atoms with E-state index in [-0.39, 0.29) is 18.0 Å². The lowest BCUT2D eigenvalue weighted by Crippen LogP contribution is -2.41. The molecule has 0 spiro atoms. The minimum absolute atomic E-state index is 0.105. The number of nitrogens with zero attached hydrogens (tertiary/aromatic N) is 1. The Balaban J connectivity index is 1.48. The Hall–Kier alpha value is -2.70. The number of ether oxygens (including phenoxy) is 1. The fourth-order valence-electron chi connectivity index (χ4n) is 3.37. The van der Waals surface area contributed by atoms with E-state index in [1.165, 1.54) is 11.1 Å². The lowest BCUT2D eigenvalue weighted by Gasteiger charge is -2.11. The predicted octanol–water partition coefficient (Wildman–Crippen LogP) is 3.34. The molecule has 2 aromatic rings. The van der Waals surface area contributed by atoms with E-state index in [0.29, 0.717) is 18.9 Å². The minimum Gasteiger partial charge on any atom is -0.494 e. The largest absolute Gasteiger partial charge is 0.494 e. The first kappa shape index (κ1) is 21.0. The summed E-state index contributed by atoms with van der Waals surface area (Å²) < 4.78 is 5.41. The van der Waals surface area contributed by atoms with E-state index in [1.54, 1.807) is 6.21 Å². The molecular formula is C23H30N4O2. The second-order valence-electron chi connectivity index (χ2n) is 7.71. The number of carbonyl (C=O) groups excluding carboxylic acids is 1. The molecular weight excluding hydrogens is 364 g/mol. The maximum absolute atomic E-state index is 12.4. The van der Waals surface area contributed by atoms with Gasteiger partial charge in [0, 0.05) is 6.04 Å². The van der Waals surface area contributed by atoms with Crippen molar-refractivity contribution in [3.05, 3.63) is 65.2 Å². The quantitative estimate of drug-likeness (QED) is 0.474. The average Bonchev–Trinajstić information content (AvgIpc) is 3.20. The SMILES string of the molecule is CCOc1ccc(/C=N/NC(=O)C2CC(c3ccc(CC(C)C)cc3)NN2)cc1. The summed E-state index contributed by atoms with van der Waals surface area (Å²) in [5.41, 5.74) is 12.3. The fraction of sp³-hybridized carbons (Fsp3) is 0.391. The number of benzene rings is 2. The van der Waals surface area contributed by atoms with Gasteiger partial charge in [-0.1, -0.05) is 38.1 Å². The van der Waals surface area contributed by atoms with Crippen LogP contribution in [0.3, 0.4) is 0 Å². The van der Waals surface area contributed by atoms with Crippen LogP contribution in [-0.2, 0) is 11.2 Å². The summed E-state index contributed by atoms with van der Waals surface area (Å²) in [6.45, 7) is 7.02. The van der Waals surface area contributed by atoms with E-state index in [9.17, 15) is 4.79 Å². The Morgan fingerprint density at radius 3 is 2.55 bits per heavy atom. The van der Waals surface area contributed by atoms with Gasteiger partial charge in [-0.2, -0.15) is 5.10 Å². The lowest BCUT2D eigenvalue weighted by atomic mass is 9.97. The van der Waals surface area contributed by atoms with Crippen LogP contribution in [0.4, 0.5) is 0 Å². The number of hydrogen-bond acceptors (Lipinski definition) is 5. The van der Waals surface area contributed by atoms with E-state index in [1.807, 2.05) is 31.2 Å². The number of hydrazone groups is 1. The summed E-state index contributed by atoms with van der Waals surface area (Å²) in [6, 6.07) is 16.0. The number of hydrogen-bond donors (Lipinski definition) is 3. The molecule has 1 fully saturated rings. The first-order valence-corrected chi connectivity index (χ1v) is 10.2. The van der Waals surface area contributed by atoms with Crippen LogP contribution in [0, 0.1) is 5.92 Å². The van der Waals surface area contributed by atoms with Crippen LogP contribution in [0.25, 0.3) is 0 Å². The van der Waals surface area contributed by atoms with E-state index < -0.39 is 0 Å². The van der Waals surface area contributed by atoms with Gasteiger partial charge in [0.2, 0.25) is 0 Å². The molecule has 2 atom stereocenters. The molecule has 1 aliphatic heterocycles. The normalized spacial score (nSPS) is 19.0. The van der Waals surface area contributed by atoms with Crippen molar-refractivity contribution in [1.29, 1.82) is 0 Å². The van der Waals surface area contributed by atoms with Crippen molar-refractivity contribution >= 4 is 12.1 Å². The van der Waals surface area contributed by atoms with E-state index >= 15 is 0 Å². The average molecular weight is 395 g/mol. The fourth-order valence-corrected chi connectivity index (χ4v) is 3.37. The molecule has 0 aliphatic carbocycles. The van der Waals surface area contributed by atoms with Gasteiger partial charge in [-0.05, 0) is 66.6 Å². The van der Waals surface area contributed by atoms with Crippen molar-refractivity contribution in [2.45, 2.75) is 45.7 Å². The Kier molecular flexibility index (Phi) is 7.38. The van der Waals surface area contributed by atoms with Crippen molar-refractivity contribution in [3.8, 4) is 5.75 Å². The summed E-state index contributed by atoms with van der Waals surface area (Å²) in [4.78, 5) is 12.4. The third-order valence-electron chi connectivity index (χ3n) is 4.83. The number of rotatable bonds is 8. The highest BCUT2D eigenvalue weighted by Gasteiger charge is 2.29. The summed E-state index contributed by atoms with van der Waals surface area (Å²) in [5.74, 6) is 1.31. The molecule has 154 valence electrons. The van der Waals surface area contributed by atoms with E-state index in [2.05, 4.69) is 59.5 Å². The van der Waals surface area contributed by atoms with Gasteiger partial charge < -0.3 is 4.74 Å². The maximum atomic E-state index is 12.4. The van der Waals surface area contributed by atoms with Crippen molar-refractivity contribution in [2.24, 2.45) is 11.0 Å². The lowest BCUT2D eigenvalue weighted by molar-refractivity contribution is -0.122. The van der Waals surface area contributed by atoms with Crippen molar-refractivity contribution in [2.75, 3.05) is 6.61 Å². The number of amides is 1. The summed E-state index contributed by atoms with van der Waals surface area (Å²) in [7, 11) is 0. The van der Waals surface area contributed by atoms with Crippen molar-refractivity contribution in [1.82, 2.24) is 16.3 Å². The Bertz CT molecular complexity index is 816. The predicted molar refractivity (Wildman–Crippen MR) is 116 cm³/mol. The Morgan fingerprint density at radius 1 is 1.17 bits per heavy atom. The third-order valence-corrected chi connectivity index (χ3v) is 4.83. The number of carbonyl (C=O) groups is 1. The number of hydrazine groups is 1. The zero-order valence-electron chi connectivity index (χ0n) is 17.3. The van der Waals surface area contributed by atoms with Gasteiger partial charge in [-0.3, -0.25) is 4.79 Å². The second-order valence-corrected chi connectivity index (χ2v) is 7.71. The highest BCUT2D eigenvalue weighted by molar-refractivity contribution is 5.85. The zero-order valence-corrected chi connectivity index (χ0v) is 17.3. The molecule has 1 aliphatic rings. The van der Waals surface area contributed by atoms with Crippen LogP contribution >= 0.6 is 0 Å². The monoisotopic (exact) mass is 394 g/mol.